The summed E-state index contributed by atoms with van der Waals surface area (Å²) >= 11 is 0. The average Bonchev–Trinajstić information content (AvgIpc) is 3.40. The van der Waals surface area contributed by atoms with E-state index in [1.807, 2.05) is 0 Å². The molecule has 2 aliphatic heterocycles. The monoisotopic (exact) mass is 1050 g/mol. The van der Waals surface area contributed by atoms with Crippen LogP contribution in [-0.4, -0.2) is 142 Å². The molecule has 0 bridgehead atoms. The Morgan fingerprint density at radius 3 is 1.38 bits per heavy atom. The Morgan fingerprint density at radius 2 is 0.878 bits per heavy atom. The van der Waals surface area contributed by atoms with Gasteiger partial charge in [0.2, 0.25) is 0 Å². The fourth-order valence-electron chi connectivity index (χ4n) is 8.78. The molecule has 14 heteroatoms. The largest absolute Gasteiger partial charge is 0.457 e. The normalized spacial score (nSPS) is 25.3. The predicted octanol–water partition coefficient (Wildman–Crippen LogP) is 10.2. The van der Waals surface area contributed by atoms with Crippen LogP contribution in [0.2, 0.25) is 0 Å². The maximum absolute atomic E-state index is 13.1. The number of hydrogen-bond donors (Lipinski definition) is 7. The summed E-state index contributed by atoms with van der Waals surface area (Å²) in [6.45, 7) is 3.53. The minimum absolute atomic E-state index is 0.0507. The number of ether oxygens (including phenoxy) is 6. The molecule has 0 aromatic rings. The zero-order valence-corrected chi connectivity index (χ0v) is 45.8. The van der Waals surface area contributed by atoms with Gasteiger partial charge >= 0.3 is 5.97 Å². The lowest BCUT2D eigenvalue weighted by Gasteiger charge is -2.42. The molecule has 74 heavy (non-hydrogen) atoms. The smallest absolute Gasteiger partial charge is 0.306 e. The predicted molar refractivity (Wildman–Crippen MR) is 293 cm³/mol. The number of carbonyl (C=O) groups excluding carboxylic acids is 1. The molecule has 2 aliphatic rings. The highest BCUT2D eigenvalue weighted by Crippen LogP contribution is 2.26. The number of aliphatic hydroxyl groups is 7. The molecule has 11 atom stereocenters. The van der Waals surface area contributed by atoms with Crippen LogP contribution in [0.3, 0.4) is 0 Å². The minimum atomic E-state index is -1.71. The lowest BCUT2D eigenvalue weighted by molar-refractivity contribution is -0.332. The van der Waals surface area contributed by atoms with Crippen LogP contribution in [-0.2, 0) is 33.2 Å². The van der Waals surface area contributed by atoms with Gasteiger partial charge in [0.25, 0.3) is 0 Å². The molecule has 11 unspecified atom stereocenters. The lowest BCUT2D eigenvalue weighted by Crippen LogP contribution is -2.61. The van der Waals surface area contributed by atoms with E-state index in [0.29, 0.717) is 13.0 Å². The van der Waals surface area contributed by atoms with Gasteiger partial charge in [-0.05, 0) is 83.5 Å². The first-order chi connectivity index (χ1) is 36.1. The molecule has 0 amide bonds. The number of esters is 1. The van der Waals surface area contributed by atoms with Crippen LogP contribution in [0, 0.1) is 0 Å². The van der Waals surface area contributed by atoms with Crippen LogP contribution in [0.15, 0.2) is 72.9 Å². The topological polar surface area (TPSA) is 214 Å². The fraction of sp³-hybridized carbons (Fsp3) is 0.783. The van der Waals surface area contributed by atoms with E-state index >= 15 is 0 Å². The van der Waals surface area contributed by atoms with Crippen LogP contribution in [0.25, 0.3) is 0 Å². The van der Waals surface area contributed by atoms with Crippen LogP contribution in [0.5, 0.6) is 0 Å². The molecule has 2 heterocycles. The van der Waals surface area contributed by atoms with Crippen molar-refractivity contribution in [2.45, 2.75) is 268 Å². The van der Waals surface area contributed by atoms with Crippen molar-refractivity contribution in [3.8, 4) is 0 Å². The van der Waals surface area contributed by atoms with E-state index in [1.165, 1.54) is 77.0 Å². The quantitative estimate of drug-likeness (QED) is 0.0172. The third-order valence-corrected chi connectivity index (χ3v) is 13.4. The van der Waals surface area contributed by atoms with Gasteiger partial charge in [0, 0.05) is 13.0 Å². The van der Waals surface area contributed by atoms with E-state index in [0.717, 1.165) is 96.3 Å². The van der Waals surface area contributed by atoms with Crippen molar-refractivity contribution in [1.82, 2.24) is 0 Å². The molecule has 0 aromatic heterocycles. The summed E-state index contributed by atoms with van der Waals surface area (Å²) in [6, 6.07) is 0. The first-order valence-electron chi connectivity index (χ1n) is 29.0. The molecule has 14 nitrogen and oxygen atoms in total. The summed E-state index contributed by atoms with van der Waals surface area (Å²) in [5.74, 6) is -0.392. The van der Waals surface area contributed by atoms with E-state index in [9.17, 15) is 40.5 Å². The highest BCUT2D eigenvalue weighted by atomic mass is 16.7. The molecule has 0 aromatic carbocycles. The Hall–Kier alpha value is -2.57. The van der Waals surface area contributed by atoms with Gasteiger partial charge in [-0.3, -0.25) is 4.79 Å². The number of carbonyl (C=O) groups is 1. The molecule has 2 fully saturated rings. The van der Waals surface area contributed by atoms with Gasteiger partial charge < -0.3 is 64.2 Å². The zero-order valence-electron chi connectivity index (χ0n) is 45.8. The van der Waals surface area contributed by atoms with Crippen molar-refractivity contribution in [1.29, 1.82) is 0 Å². The maximum atomic E-state index is 13.1. The molecule has 0 radical (unpaired) electrons. The first-order valence-corrected chi connectivity index (χ1v) is 29.0. The van der Waals surface area contributed by atoms with Crippen LogP contribution < -0.4 is 0 Å². The molecule has 7 N–H and O–H groups in total. The van der Waals surface area contributed by atoms with Crippen molar-refractivity contribution in [3.05, 3.63) is 72.9 Å². The van der Waals surface area contributed by atoms with Crippen molar-refractivity contribution in [3.63, 3.8) is 0 Å². The Morgan fingerprint density at radius 1 is 0.459 bits per heavy atom. The van der Waals surface area contributed by atoms with E-state index in [-0.39, 0.29) is 19.6 Å². The second-order valence-electron chi connectivity index (χ2n) is 20.1. The van der Waals surface area contributed by atoms with Gasteiger partial charge in [-0.2, -0.15) is 0 Å². The number of hydrogen-bond acceptors (Lipinski definition) is 14. The van der Waals surface area contributed by atoms with E-state index in [1.54, 1.807) is 0 Å². The summed E-state index contributed by atoms with van der Waals surface area (Å²) < 4.78 is 34.4. The van der Waals surface area contributed by atoms with Gasteiger partial charge in [0.1, 0.15) is 54.9 Å². The molecule has 0 saturated carbocycles. The number of rotatable bonds is 46. The number of aliphatic hydroxyl groups excluding tert-OH is 7. The average molecular weight is 1050 g/mol. The summed E-state index contributed by atoms with van der Waals surface area (Å²) in [6.07, 6.45) is 42.4. The fourth-order valence-corrected chi connectivity index (χ4v) is 8.78. The molecule has 2 rings (SSSR count). The third kappa shape index (κ3) is 32.9. The Labute approximate surface area is 447 Å². The highest BCUT2D eigenvalue weighted by molar-refractivity contribution is 5.69. The van der Waals surface area contributed by atoms with Gasteiger partial charge in [-0.25, -0.2) is 0 Å². The van der Waals surface area contributed by atoms with E-state index in [4.69, 9.17) is 28.4 Å². The van der Waals surface area contributed by atoms with Crippen molar-refractivity contribution >= 4 is 5.97 Å². The minimum Gasteiger partial charge on any atom is -0.457 e. The summed E-state index contributed by atoms with van der Waals surface area (Å²) in [7, 11) is 0. The highest BCUT2D eigenvalue weighted by Gasteiger charge is 2.47. The van der Waals surface area contributed by atoms with Crippen molar-refractivity contribution in [2.24, 2.45) is 0 Å². The standard InChI is InChI=1S/C60H104O14/c1-3-5-7-9-11-13-15-17-19-21-22-23-24-25-26-27-28-30-32-34-36-38-40-42-44-69-46-49(72-52(62)43-41-39-37-35-33-31-29-20-18-16-14-12-10-8-6-4-2)47-70-59-58(68)56(66)54(64)51(74-59)48-71-60-57(67)55(65)53(63)50(45-61)73-60/h5,7,11,13-14,16-17,19-20,22-23,29,49-51,53-61,63-68H,3-4,6,8-10,12,15,18,21,24-28,30-48H2,1-2H3/b7-5-,13-11-,16-14-,19-17-,23-22-,29-20-. The second-order valence-corrected chi connectivity index (χ2v) is 20.1. The first kappa shape index (κ1) is 67.5. The Bertz CT molecular complexity index is 1500. The maximum Gasteiger partial charge on any atom is 0.306 e. The second kappa shape index (κ2) is 46.5. The van der Waals surface area contributed by atoms with Crippen LogP contribution in [0.1, 0.15) is 200 Å². The van der Waals surface area contributed by atoms with Crippen molar-refractivity contribution < 1.29 is 69.0 Å². The third-order valence-electron chi connectivity index (χ3n) is 13.4. The SMILES string of the molecule is CC/C=C\C/C=C\C/C=C\C/C=C\CCCCCCCCCCCCCOCC(COC1OC(COC2OC(CO)C(O)C(O)C2O)C(O)C(O)C1O)OC(=O)CCCCCCC/C=C\C/C=C\CCCCCC. The molecule has 0 spiro atoms. The van der Waals surface area contributed by atoms with Crippen molar-refractivity contribution in [2.75, 3.05) is 33.0 Å². The lowest BCUT2D eigenvalue weighted by atomic mass is 9.98. The summed E-state index contributed by atoms with van der Waals surface area (Å²) in [5, 5.41) is 72.3. The van der Waals surface area contributed by atoms with E-state index in [2.05, 4.69) is 86.8 Å². The Kier molecular flexibility index (Phi) is 42.5. The summed E-state index contributed by atoms with van der Waals surface area (Å²) in [4.78, 5) is 13.1. The molecule has 0 aliphatic carbocycles. The molecular weight excluding hydrogens is 945 g/mol. The molecule has 428 valence electrons. The van der Waals surface area contributed by atoms with E-state index < -0.39 is 86.7 Å². The summed E-state index contributed by atoms with van der Waals surface area (Å²) in [5.41, 5.74) is 0. The zero-order chi connectivity index (χ0) is 53.7. The van der Waals surface area contributed by atoms with Crippen LogP contribution in [0.4, 0.5) is 0 Å². The number of allylic oxidation sites excluding steroid dienone is 12. The Balaban J connectivity index is 1.71. The van der Waals surface area contributed by atoms with Gasteiger partial charge in [0.05, 0.1) is 26.4 Å². The van der Waals surface area contributed by atoms with Gasteiger partial charge in [-0.15, -0.1) is 0 Å². The van der Waals surface area contributed by atoms with Gasteiger partial charge in [0.15, 0.2) is 12.6 Å². The van der Waals surface area contributed by atoms with Crippen LogP contribution >= 0.6 is 0 Å². The molecular formula is C60H104O14. The van der Waals surface area contributed by atoms with Gasteiger partial charge in [-0.1, -0.05) is 183 Å². The number of unbranched alkanes of at least 4 members (excludes halogenated alkanes) is 20. The molecule has 2 saturated heterocycles.